The number of ether oxygens (including phenoxy) is 2. The fourth-order valence-electron chi connectivity index (χ4n) is 3.57. The minimum absolute atomic E-state index is 0.127. The normalized spacial score (nSPS) is 19.3. The van der Waals surface area contributed by atoms with Crippen molar-refractivity contribution in [1.29, 1.82) is 0 Å². The van der Waals surface area contributed by atoms with Crippen LogP contribution < -0.4 is 4.74 Å². The Labute approximate surface area is 185 Å². The molecule has 2 aromatic rings. The predicted octanol–water partition coefficient (Wildman–Crippen LogP) is 6.70. The van der Waals surface area contributed by atoms with Crippen LogP contribution in [-0.4, -0.2) is 25.6 Å². The van der Waals surface area contributed by atoms with E-state index in [0.717, 1.165) is 19.1 Å². The number of carbonyl (C=O) groups is 1. The van der Waals surface area contributed by atoms with Gasteiger partial charge in [-0.1, -0.05) is 49.8 Å². The lowest BCUT2D eigenvalue weighted by atomic mass is 9.96. The van der Waals surface area contributed by atoms with Crippen LogP contribution in [0.1, 0.15) is 43.7 Å². The number of rotatable bonds is 8. The van der Waals surface area contributed by atoms with E-state index < -0.39 is 23.7 Å². The summed E-state index contributed by atoms with van der Waals surface area (Å²) in [6.45, 7) is 2.82. The minimum atomic E-state index is -4.86. The van der Waals surface area contributed by atoms with Crippen LogP contribution in [0.2, 0.25) is 0 Å². The quantitative estimate of drug-likeness (QED) is 0.255. The highest BCUT2D eigenvalue weighted by Crippen LogP contribution is 2.39. The molecule has 1 fully saturated rings. The lowest BCUT2D eigenvalue weighted by molar-refractivity contribution is -0.140. The molecule has 0 aliphatic carbocycles. The summed E-state index contributed by atoms with van der Waals surface area (Å²) in [6.07, 6.45) is 1.29. The Bertz CT molecular complexity index is 927. The van der Waals surface area contributed by atoms with E-state index in [1.807, 2.05) is 6.92 Å². The Hall–Kier alpha value is -2.67. The molecule has 0 saturated carbocycles. The Balaban J connectivity index is 1.84. The molecule has 2 atom stereocenters. The van der Waals surface area contributed by atoms with E-state index in [2.05, 4.69) is 0 Å². The summed E-state index contributed by atoms with van der Waals surface area (Å²) in [5.74, 6) is -0.919. The Kier molecular flexibility index (Phi) is 8.07. The van der Waals surface area contributed by atoms with Crippen molar-refractivity contribution in [2.24, 2.45) is 5.92 Å². The molecule has 0 spiro atoms. The van der Waals surface area contributed by atoms with Gasteiger partial charge in [0.2, 0.25) is 0 Å². The van der Waals surface area contributed by atoms with Crippen LogP contribution in [0.5, 0.6) is 5.75 Å². The van der Waals surface area contributed by atoms with Gasteiger partial charge in [0.25, 0.3) is 0 Å². The smallest absolute Gasteiger partial charge is 0.419 e. The largest absolute Gasteiger partial charge is 0.494 e. The molecular weight excluding hydrogens is 424 g/mol. The SMILES string of the molecule is CCCCOc1ccc(-c2ccc(/C=C/C3CCC(C=O)CO3)c(C(F)(F)F)c2F)cc1. The molecule has 1 aliphatic heterocycles. The highest BCUT2D eigenvalue weighted by molar-refractivity contribution is 5.70. The van der Waals surface area contributed by atoms with Gasteiger partial charge in [-0.15, -0.1) is 0 Å². The van der Waals surface area contributed by atoms with E-state index in [9.17, 15) is 18.0 Å². The second-order valence-corrected chi connectivity index (χ2v) is 7.82. The fourth-order valence-corrected chi connectivity index (χ4v) is 3.57. The van der Waals surface area contributed by atoms with Gasteiger partial charge in [-0.3, -0.25) is 0 Å². The topological polar surface area (TPSA) is 35.5 Å². The molecular formula is C25H26F4O3. The molecule has 0 radical (unpaired) electrons. The number of benzene rings is 2. The second-order valence-electron chi connectivity index (χ2n) is 7.82. The van der Waals surface area contributed by atoms with Gasteiger partial charge >= 0.3 is 6.18 Å². The molecule has 0 amide bonds. The van der Waals surface area contributed by atoms with E-state index >= 15 is 4.39 Å². The number of carbonyl (C=O) groups excluding carboxylic acids is 1. The number of aldehydes is 1. The van der Waals surface area contributed by atoms with Crippen molar-refractivity contribution in [3.05, 3.63) is 59.4 Å². The first-order chi connectivity index (χ1) is 15.3. The number of hydrogen-bond donors (Lipinski definition) is 0. The van der Waals surface area contributed by atoms with Gasteiger partial charge in [-0.2, -0.15) is 13.2 Å². The van der Waals surface area contributed by atoms with Crippen molar-refractivity contribution in [3.8, 4) is 16.9 Å². The van der Waals surface area contributed by atoms with E-state index in [1.165, 1.54) is 24.3 Å². The van der Waals surface area contributed by atoms with Crippen LogP contribution in [0.15, 0.2) is 42.5 Å². The van der Waals surface area contributed by atoms with Crippen molar-refractivity contribution in [2.45, 2.75) is 44.9 Å². The van der Waals surface area contributed by atoms with E-state index in [0.29, 0.717) is 30.8 Å². The number of hydrogen-bond acceptors (Lipinski definition) is 3. The molecule has 32 heavy (non-hydrogen) atoms. The molecule has 1 heterocycles. The van der Waals surface area contributed by atoms with Gasteiger partial charge in [0.1, 0.15) is 17.9 Å². The summed E-state index contributed by atoms with van der Waals surface area (Å²) >= 11 is 0. The maximum absolute atomic E-state index is 15.1. The lowest BCUT2D eigenvalue weighted by Crippen LogP contribution is -2.25. The van der Waals surface area contributed by atoms with Crippen LogP contribution in [0.25, 0.3) is 17.2 Å². The molecule has 172 valence electrons. The summed E-state index contributed by atoms with van der Waals surface area (Å²) in [4.78, 5) is 10.8. The molecule has 2 unspecified atom stereocenters. The molecule has 0 aromatic heterocycles. The molecule has 3 nitrogen and oxygen atoms in total. The summed E-state index contributed by atoms with van der Waals surface area (Å²) in [6, 6.07) is 8.96. The average Bonchev–Trinajstić information content (AvgIpc) is 2.78. The van der Waals surface area contributed by atoms with Gasteiger partial charge in [0, 0.05) is 11.5 Å². The van der Waals surface area contributed by atoms with Crippen LogP contribution >= 0.6 is 0 Å². The van der Waals surface area contributed by atoms with E-state index in [-0.39, 0.29) is 23.7 Å². The second kappa shape index (κ2) is 10.8. The zero-order chi connectivity index (χ0) is 23.1. The third kappa shape index (κ3) is 5.97. The third-order valence-electron chi connectivity index (χ3n) is 5.42. The van der Waals surface area contributed by atoms with Gasteiger partial charge in [0.15, 0.2) is 0 Å². The molecule has 0 N–H and O–H groups in total. The van der Waals surface area contributed by atoms with Gasteiger partial charge in [0.05, 0.1) is 24.9 Å². The summed E-state index contributed by atoms with van der Waals surface area (Å²) in [5, 5.41) is 0. The minimum Gasteiger partial charge on any atom is -0.494 e. The lowest BCUT2D eigenvalue weighted by Gasteiger charge is -2.24. The van der Waals surface area contributed by atoms with Crippen molar-refractivity contribution in [1.82, 2.24) is 0 Å². The average molecular weight is 450 g/mol. The van der Waals surface area contributed by atoms with E-state index in [4.69, 9.17) is 9.47 Å². The number of unbranched alkanes of at least 4 members (excludes halogenated alkanes) is 1. The van der Waals surface area contributed by atoms with Crippen LogP contribution in [0, 0.1) is 11.7 Å². The van der Waals surface area contributed by atoms with Crippen molar-refractivity contribution < 1.29 is 31.8 Å². The zero-order valence-electron chi connectivity index (χ0n) is 17.8. The maximum Gasteiger partial charge on any atom is 0.419 e. The third-order valence-corrected chi connectivity index (χ3v) is 5.42. The molecule has 2 aromatic carbocycles. The Morgan fingerprint density at radius 1 is 1.12 bits per heavy atom. The van der Waals surface area contributed by atoms with Gasteiger partial charge in [-0.05, 0) is 42.5 Å². The van der Waals surface area contributed by atoms with Crippen LogP contribution in [0.4, 0.5) is 17.6 Å². The fraction of sp³-hybridized carbons (Fsp3) is 0.400. The Morgan fingerprint density at radius 3 is 2.47 bits per heavy atom. The van der Waals surface area contributed by atoms with Crippen LogP contribution in [-0.2, 0) is 15.7 Å². The number of halogens is 4. The highest BCUT2D eigenvalue weighted by atomic mass is 19.4. The molecule has 3 rings (SSSR count). The standard InChI is InChI=1S/C25H26F4O3/c1-2-3-14-31-20-10-5-18(6-11-20)22-13-8-19(23(24(22)26)25(27,28)29)7-12-21-9-4-17(15-30)16-32-21/h5-8,10-13,15,17,21H,2-4,9,14,16H2,1H3/b12-7+. The molecule has 7 heteroatoms. The van der Waals surface area contributed by atoms with Gasteiger partial charge in [-0.25, -0.2) is 4.39 Å². The van der Waals surface area contributed by atoms with Crippen molar-refractivity contribution >= 4 is 12.4 Å². The van der Waals surface area contributed by atoms with Crippen molar-refractivity contribution in [3.63, 3.8) is 0 Å². The summed E-state index contributed by atoms with van der Waals surface area (Å²) in [5.41, 5.74) is -1.37. The molecule has 0 bridgehead atoms. The first kappa shape index (κ1) is 24.0. The number of alkyl halides is 3. The molecule has 1 saturated heterocycles. The first-order valence-corrected chi connectivity index (χ1v) is 10.7. The summed E-state index contributed by atoms with van der Waals surface area (Å²) in [7, 11) is 0. The summed E-state index contributed by atoms with van der Waals surface area (Å²) < 4.78 is 67.3. The zero-order valence-corrected chi connectivity index (χ0v) is 17.8. The Morgan fingerprint density at radius 2 is 1.88 bits per heavy atom. The van der Waals surface area contributed by atoms with Gasteiger partial charge < -0.3 is 14.3 Å². The highest BCUT2D eigenvalue weighted by Gasteiger charge is 2.37. The maximum atomic E-state index is 15.1. The van der Waals surface area contributed by atoms with Crippen LogP contribution in [0.3, 0.4) is 0 Å². The van der Waals surface area contributed by atoms with Crippen molar-refractivity contribution in [2.75, 3.05) is 13.2 Å². The first-order valence-electron chi connectivity index (χ1n) is 10.7. The predicted molar refractivity (Wildman–Crippen MR) is 115 cm³/mol. The van der Waals surface area contributed by atoms with E-state index in [1.54, 1.807) is 24.3 Å². The monoisotopic (exact) mass is 450 g/mol. The molecule has 1 aliphatic rings.